The average molecular weight is 262 g/mol. The van der Waals surface area contributed by atoms with Crippen LogP contribution >= 0.6 is 0 Å². The van der Waals surface area contributed by atoms with Gasteiger partial charge >= 0.3 is 0 Å². The maximum Gasteiger partial charge on any atom is 0.0705 e. The highest BCUT2D eigenvalue weighted by Gasteiger charge is 2.16. The first-order chi connectivity index (χ1) is 9.81. The van der Waals surface area contributed by atoms with E-state index < -0.39 is 0 Å². The molecule has 2 nitrogen and oxygen atoms in total. The van der Waals surface area contributed by atoms with E-state index in [1.54, 1.807) is 0 Å². The van der Waals surface area contributed by atoms with Crippen LogP contribution in [0, 0.1) is 6.92 Å². The van der Waals surface area contributed by atoms with Crippen LogP contribution in [0.1, 0.15) is 22.7 Å². The molecule has 20 heavy (non-hydrogen) atoms. The van der Waals surface area contributed by atoms with E-state index in [9.17, 15) is 0 Å². The summed E-state index contributed by atoms with van der Waals surface area (Å²) in [5.41, 5.74) is 4.92. The molecule has 100 valence electrons. The van der Waals surface area contributed by atoms with Gasteiger partial charge in [0.15, 0.2) is 0 Å². The SMILES string of the molecule is CNC(c1ccccc1C)c1cccc2ncccc12. The lowest BCUT2D eigenvalue weighted by atomic mass is 9.92. The summed E-state index contributed by atoms with van der Waals surface area (Å²) in [5.74, 6) is 0. The number of pyridine rings is 1. The van der Waals surface area contributed by atoms with Crippen LogP contribution in [-0.2, 0) is 0 Å². The molecule has 0 fully saturated rings. The standard InChI is InChI=1S/C18H18N2/c1-13-7-3-4-8-14(13)18(19-2)16-9-5-11-17-15(16)10-6-12-20-17/h3-12,18-19H,1-2H3. The third-order valence-electron chi connectivity index (χ3n) is 3.78. The van der Waals surface area contributed by atoms with E-state index in [2.05, 4.69) is 65.8 Å². The van der Waals surface area contributed by atoms with E-state index >= 15 is 0 Å². The fraction of sp³-hybridized carbons (Fsp3) is 0.167. The Morgan fingerprint density at radius 3 is 2.50 bits per heavy atom. The van der Waals surface area contributed by atoms with Crippen molar-refractivity contribution in [1.29, 1.82) is 0 Å². The van der Waals surface area contributed by atoms with Gasteiger partial charge < -0.3 is 5.32 Å². The van der Waals surface area contributed by atoms with Crippen LogP contribution in [0.15, 0.2) is 60.8 Å². The lowest BCUT2D eigenvalue weighted by molar-refractivity contribution is 0.692. The Hall–Kier alpha value is -2.19. The summed E-state index contributed by atoms with van der Waals surface area (Å²) >= 11 is 0. The summed E-state index contributed by atoms with van der Waals surface area (Å²) in [7, 11) is 2.01. The summed E-state index contributed by atoms with van der Waals surface area (Å²) in [6.45, 7) is 2.16. The zero-order valence-electron chi connectivity index (χ0n) is 11.8. The molecule has 0 saturated carbocycles. The van der Waals surface area contributed by atoms with Gasteiger partial charge in [0.2, 0.25) is 0 Å². The Balaban J connectivity index is 2.20. The van der Waals surface area contributed by atoms with Crippen LogP contribution in [0.5, 0.6) is 0 Å². The number of nitrogens with zero attached hydrogens (tertiary/aromatic N) is 1. The zero-order valence-corrected chi connectivity index (χ0v) is 11.8. The van der Waals surface area contributed by atoms with Crippen molar-refractivity contribution in [2.45, 2.75) is 13.0 Å². The molecular weight excluding hydrogens is 244 g/mol. The molecule has 0 bridgehead atoms. The first kappa shape index (κ1) is 12.8. The summed E-state index contributed by atoms with van der Waals surface area (Å²) in [6.07, 6.45) is 1.84. The minimum Gasteiger partial charge on any atom is -0.309 e. The van der Waals surface area contributed by atoms with E-state index in [0.717, 1.165) is 5.52 Å². The molecule has 0 saturated heterocycles. The molecule has 0 aliphatic rings. The van der Waals surface area contributed by atoms with Crippen molar-refractivity contribution < 1.29 is 0 Å². The van der Waals surface area contributed by atoms with Crippen molar-refractivity contribution in [2.24, 2.45) is 0 Å². The average Bonchev–Trinajstić information content (AvgIpc) is 2.50. The number of nitrogens with one attached hydrogen (secondary N) is 1. The van der Waals surface area contributed by atoms with Crippen molar-refractivity contribution in [2.75, 3.05) is 7.05 Å². The fourth-order valence-electron chi connectivity index (χ4n) is 2.77. The normalized spacial score (nSPS) is 12.5. The lowest BCUT2D eigenvalue weighted by Crippen LogP contribution is -2.19. The van der Waals surface area contributed by atoms with Crippen LogP contribution in [0.3, 0.4) is 0 Å². The molecule has 3 aromatic rings. The zero-order chi connectivity index (χ0) is 13.9. The number of benzene rings is 2. The van der Waals surface area contributed by atoms with Crippen LogP contribution in [-0.4, -0.2) is 12.0 Å². The number of aromatic nitrogens is 1. The molecule has 1 N–H and O–H groups in total. The van der Waals surface area contributed by atoms with Gasteiger partial charge in [-0.15, -0.1) is 0 Å². The van der Waals surface area contributed by atoms with Crippen LogP contribution < -0.4 is 5.32 Å². The van der Waals surface area contributed by atoms with E-state index in [1.165, 1.54) is 22.1 Å². The third-order valence-corrected chi connectivity index (χ3v) is 3.78. The maximum absolute atomic E-state index is 4.45. The van der Waals surface area contributed by atoms with E-state index in [0.29, 0.717) is 0 Å². The minimum absolute atomic E-state index is 0.184. The van der Waals surface area contributed by atoms with E-state index in [1.807, 2.05) is 19.3 Å². The van der Waals surface area contributed by atoms with Crippen molar-refractivity contribution in [3.05, 3.63) is 77.5 Å². The van der Waals surface area contributed by atoms with Gasteiger partial charge in [0, 0.05) is 11.6 Å². The Morgan fingerprint density at radius 1 is 0.900 bits per heavy atom. The Morgan fingerprint density at radius 2 is 1.70 bits per heavy atom. The largest absolute Gasteiger partial charge is 0.309 e. The van der Waals surface area contributed by atoms with Gasteiger partial charge in [0.1, 0.15) is 0 Å². The molecule has 1 aromatic heterocycles. The molecule has 0 amide bonds. The molecule has 0 aliphatic heterocycles. The van der Waals surface area contributed by atoms with Gasteiger partial charge in [-0.3, -0.25) is 4.98 Å². The number of hydrogen-bond acceptors (Lipinski definition) is 2. The highest BCUT2D eigenvalue weighted by atomic mass is 14.9. The monoisotopic (exact) mass is 262 g/mol. The number of rotatable bonds is 3. The molecule has 1 atom stereocenters. The van der Waals surface area contributed by atoms with Gasteiger partial charge in [-0.25, -0.2) is 0 Å². The maximum atomic E-state index is 4.45. The molecule has 2 aromatic carbocycles. The second-order valence-corrected chi connectivity index (χ2v) is 5.00. The summed E-state index contributed by atoms with van der Waals surface area (Å²) < 4.78 is 0. The number of aryl methyl sites for hydroxylation is 1. The molecular formula is C18H18N2. The van der Waals surface area contributed by atoms with Crippen LogP contribution in [0.4, 0.5) is 0 Å². The molecule has 0 radical (unpaired) electrons. The van der Waals surface area contributed by atoms with Gasteiger partial charge in [0.05, 0.1) is 11.6 Å². The lowest BCUT2D eigenvalue weighted by Gasteiger charge is -2.21. The van der Waals surface area contributed by atoms with E-state index in [4.69, 9.17) is 0 Å². The molecule has 0 spiro atoms. The Kier molecular flexibility index (Phi) is 3.48. The molecule has 1 unspecified atom stereocenters. The molecule has 1 heterocycles. The molecule has 3 rings (SSSR count). The first-order valence-electron chi connectivity index (χ1n) is 6.87. The van der Waals surface area contributed by atoms with Gasteiger partial charge in [-0.1, -0.05) is 42.5 Å². The number of fused-ring (bicyclic) bond motifs is 1. The fourth-order valence-corrected chi connectivity index (χ4v) is 2.77. The van der Waals surface area contributed by atoms with Gasteiger partial charge in [-0.05, 0) is 42.8 Å². The first-order valence-corrected chi connectivity index (χ1v) is 6.87. The Bertz CT molecular complexity index is 729. The summed E-state index contributed by atoms with van der Waals surface area (Å²) in [4.78, 5) is 4.45. The molecule has 0 aliphatic carbocycles. The van der Waals surface area contributed by atoms with Gasteiger partial charge in [-0.2, -0.15) is 0 Å². The highest BCUT2D eigenvalue weighted by molar-refractivity contribution is 5.83. The minimum atomic E-state index is 0.184. The van der Waals surface area contributed by atoms with Crippen molar-refractivity contribution >= 4 is 10.9 Å². The highest BCUT2D eigenvalue weighted by Crippen LogP contribution is 2.29. The quantitative estimate of drug-likeness (QED) is 0.775. The topological polar surface area (TPSA) is 24.9 Å². The van der Waals surface area contributed by atoms with Crippen LogP contribution in [0.25, 0.3) is 10.9 Å². The smallest absolute Gasteiger partial charge is 0.0705 e. The predicted molar refractivity (Wildman–Crippen MR) is 83.8 cm³/mol. The van der Waals surface area contributed by atoms with E-state index in [-0.39, 0.29) is 6.04 Å². The second kappa shape index (κ2) is 5.43. The second-order valence-electron chi connectivity index (χ2n) is 5.00. The van der Waals surface area contributed by atoms with Gasteiger partial charge in [0.25, 0.3) is 0 Å². The number of hydrogen-bond donors (Lipinski definition) is 1. The van der Waals surface area contributed by atoms with Crippen molar-refractivity contribution in [1.82, 2.24) is 10.3 Å². The van der Waals surface area contributed by atoms with Crippen molar-refractivity contribution in [3.8, 4) is 0 Å². The predicted octanol–water partition coefficient (Wildman–Crippen LogP) is 3.85. The third kappa shape index (κ3) is 2.19. The van der Waals surface area contributed by atoms with Crippen molar-refractivity contribution in [3.63, 3.8) is 0 Å². The molecule has 2 heteroatoms. The Labute approximate surface area is 119 Å². The van der Waals surface area contributed by atoms with Crippen LogP contribution in [0.2, 0.25) is 0 Å². The summed E-state index contributed by atoms with van der Waals surface area (Å²) in [6, 6.07) is 19.1. The summed E-state index contributed by atoms with van der Waals surface area (Å²) in [5, 5.41) is 4.65.